The minimum atomic E-state index is -0.424. The molecule has 7 heteroatoms. The van der Waals surface area contributed by atoms with E-state index >= 15 is 0 Å². The zero-order chi connectivity index (χ0) is 16.8. The molecule has 3 rings (SSSR count). The molecule has 1 aliphatic rings. The normalized spacial score (nSPS) is 16.1. The average Bonchev–Trinajstić information content (AvgIpc) is 2.62. The van der Waals surface area contributed by atoms with E-state index in [1.54, 1.807) is 6.20 Å². The fraction of sp³-hybridized carbons (Fsp3) is 0.368. The molecule has 1 N–H and O–H groups in total. The smallest absolute Gasteiger partial charge is 0.253 e. The molecule has 1 unspecified atom stereocenters. The van der Waals surface area contributed by atoms with Gasteiger partial charge in [0.25, 0.3) is 5.91 Å². The number of carbonyl (C=O) groups excluding carboxylic acids is 1. The van der Waals surface area contributed by atoms with Crippen molar-refractivity contribution in [3.05, 3.63) is 65.5 Å². The van der Waals surface area contributed by atoms with Crippen LogP contribution in [0.3, 0.4) is 0 Å². The molecule has 0 saturated carbocycles. The van der Waals surface area contributed by atoms with Gasteiger partial charge in [0.05, 0.1) is 18.8 Å². The van der Waals surface area contributed by atoms with E-state index in [1.165, 1.54) is 5.56 Å². The Morgan fingerprint density at radius 3 is 2.73 bits per heavy atom. The van der Waals surface area contributed by atoms with Gasteiger partial charge in [-0.2, -0.15) is 0 Å². The van der Waals surface area contributed by atoms with Gasteiger partial charge in [-0.3, -0.25) is 9.78 Å². The molecule has 0 spiro atoms. The second-order valence-corrected chi connectivity index (χ2v) is 6.07. The maximum atomic E-state index is 12.9. The van der Waals surface area contributed by atoms with Crippen LogP contribution in [0.4, 0.5) is 0 Å². The van der Waals surface area contributed by atoms with Gasteiger partial charge in [0.1, 0.15) is 6.10 Å². The fourth-order valence-corrected chi connectivity index (χ4v) is 2.86. The number of nitrogens with one attached hydrogen (secondary N) is 1. The summed E-state index contributed by atoms with van der Waals surface area (Å²) >= 11 is 0. The molecular weight excluding hydrogens is 373 g/mol. The highest BCUT2D eigenvalue weighted by molar-refractivity contribution is 5.85. The zero-order valence-corrected chi connectivity index (χ0v) is 16.4. The number of carbonyl (C=O) groups is 1. The topological polar surface area (TPSA) is 54.5 Å². The van der Waals surface area contributed by atoms with Crippen LogP contribution in [0, 0.1) is 6.92 Å². The van der Waals surface area contributed by atoms with E-state index in [1.807, 2.05) is 35.2 Å². The molecule has 1 amide bonds. The summed E-state index contributed by atoms with van der Waals surface area (Å²) in [6.07, 6.45) is 1.33. The average molecular weight is 398 g/mol. The number of pyridine rings is 1. The molecule has 26 heavy (non-hydrogen) atoms. The van der Waals surface area contributed by atoms with Crippen LogP contribution in [0.1, 0.15) is 16.8 Å². The third kappa shape index (κ3) is 6.25. The number of nitrogens with zero attached hydrogens (tertiary/aromatic N) is 2. The molecule has 2 heterocycles. The van der Waals surface area contributed by atoms with Gasteiger partial charge in [-0.1, -0.05) is 35.9 Å². The molecule has 1 fully saturated rings. The van der Waals surface area contributed by atoms with Crippen LogP contribution in [0.5, 0.6) is 0 Å². The zero-order valence-electron chi connectivity index (χ0n) is 14.8. The Bertz CT molecular complexity index is 679. The maximum absolute atomic E-state index is 12.9. The molecular formula is C19H25Cl2N3O2. The van der Waals surface area contributed by atoms with E-state index in [9.17, 15) is 4.79 Å². The van der Waals surface area contributed by atoms with E-state index < -0.39 is 6.10 Å². The highest BCUT2D eigenvalue weighted by Gasteiger charge is 2.27. The Labute approximate surface area is 167 Å². The van der Waals surface area contributed by atoms with Gasteiger partial charge in [-0.25, -0.2) is 0 Å². The van der Waals surface area contributed by atoms with E-state index in [0.717, 1.165) is 17.8 Å². The lowest BCUT2D eigenvalue weighted by Gasteiger charge is -2.30. The van der Waals surface area contributed by atoms with Crippen molar-refractivity contribution in [1.29, 1.82) is 0 Å². The Hall–Kier alpha value is -1.66. The summed E-state index contributed by atoms with van der Waals surface area (Å²) in [5.74, 6) is 0.00867. The summed E-state index contributed by atoms with van der Waals surface area (Å²) < 4.78 is 5.65. The summed E-state index contributed by atoms with van der Waals surface area (Å²) in [6, 6.07) is 14.0. The van der Waals surface area contributed by atoms with Crippen LogP contribution < -0.4 is 5.32 Å². The number of aryl methyl sites for hydroxylation is 1. The van der Waals surface area contributed by atoms with Gasteiger partial charge in [-0.05, 0) is 24.6 Å². The number of morpholine rings is 1. The first-order chi connectivity index (χ1) is 11.7. The van der Waals surface area contributed by atoms with Crippen LogP contribution >= 0.6 is 24.8 Å². The van der Waals surface area contributed by atoms with Gasteiger partial charge < -0.3 is 15.0 Å². The van der Waals surface area contributed by atoms with Crippen molar-refractivity contribution in [3.63, 3.8) is 0 Å². The molecule has 1 aromatic carbocycles. The molecule has 0 radical (unpaired) electrons. The molecule has 1 saturated heterocycles. The van der Waals surface area contributed by atoms with Crippen LogP contribution in [0.2, 0.25) is 0 Å². The van der Waals surface area contributed by atoms with Gasteiger partial charge in [0.15, 0.2) is 0 Å². The predicted molar refractivity (Wildman–Crippen MR) is 107 cm³/mol. The second-order valence-electron chi connectivity index (χ2n) is 6.07. The first kappa shape index (κ1) is 22.4. The number of hydrogen-bond acceptors (Lipinski definition) is 4. The largest absolute Gasteiger partial charge is 0.366 e. The van der Waals surface area contributed by atoms with Gasteiger partial charge >= 0.3 is 0 Å². The summed E-state index contributed by atoms with van der Waals surface area (Å²) in [7, 11) is 0. The van der Waals surface area contributed by atoms with Crippen molar-refractivity contribution >= 4 is 30.7 Å². The standard InChI is InChI=1S/C19H23N3O2.2ClH/c1-15-5-4-6-16(11-15)13-22(14-17-7-2-3-8-21-17)19(23)18-12-20-9-10-24-18;;/h2-8,11,18,20H,9-10,12-14H2,1H3;2*1H. The van der Waals surface area contributed by atoms with Gasteiger partial charge in [0, 0.05) is 25.8 Å². The summed E-state index contributed by atoms with van der Waals surface area (Å²) in [4.78, 5) is 19.1. The number of aromatic nitrogens is 1. The summed E-state index contributed by atoms with van der Waals surface area (Å²) in [5, 5.41) is 3.22. The van der Waals surface area contributed by atoms with E-state index in [-0.39, 0.29) is 30.7 Å². The lowest BCUT2D eigenvalue weighted by Crippen LogP contribution is -2.49. The van der Waals surface area contributed by atoms with Crippen molar-refractivity contribution in [2.45, 2.75) is 26.1 Å². The summed E-state index contributed by atoms with van der Waals surface area (Å²) in [5.41, 5.74) is 3.18. The Morgan fingerprint density at radius 2 is 2.08 bits per heavy atom. The highest BCUT2D eigenvalue weighted by Crippen LogP contribution is 2.13. The molecule has 1 atom stereocenters. The van der Waals surface area contributed by atoms with Crippen molar-refractivity contribution < 1.29 is 9.53 Å². The van der Waals surface area contributed by atoms with E-state index in [4.69, 9.17) is 4.74 Å². The van der Waals surface area contributed by atoms with E-state index in [2.05, 4.69) is 29.4 Å². The van der Waals surface area contributed by atoms with Crippen LogP contribution in [0.15, 0.2) is 48.7 Å². The first-order valence-electron chi connectivity index (χ1n) is 8.29. The Balaban J connectivity index is 0.00000169. The highest BCUT2D eigenvalue weighted by atomic mass is 35.5. The summed E-state index contributed by atoms with van der Waals surface area (Å²) in [6.45, 7) is 5.01. The number of hydrogen-bond donors (Lipinski definition) is 1. The molecule has 0 bridgehead atoms. The quantitative estimate of drug-likeness (QED) is 0.842. The second kappa shape index (κ2) is 11.1. The van der Waals surface area contributed by atoms with Crippen molar-refractivity contribution in [3.8, 4) is 0 Å². The molecule has 2 aromatic rings. The molecule has 5 nitrogen and oxygen atoms in total. The number of ether oxygens (including phenoxy) is 1. The molecule has 1 aliphatic heterocycles. The molecule has 1 aromatic heterocycles. The lowest BCUT2D eigenvalue weighted by atomic mass is 10.1. The number of halogens is 2. The van der Waals surface area contributed by atoms with Crippen molar-refractivity contribution in [2.24, 2.45) is 0 Å². The van der Waals surface area contributed by atoms with Crippen molar-refractivity contribution in [1.82, 2.24) is 15.2 Å². The van der Waals surface area contributed by atoms with Crippen molar-refractivity contribution in [2.75, 3.05) is 19.7 Å². The lowest BCUT2D eigenvalue weighted by molar-refractivity contribution is -0.146. The Morgan fingerprint density at radius 1 is 1.23 bits per heavy atom. The third-order valence-corrected chi connectivity index (χ3v) is 4.05. The van der Waals surface area contributed by atoms with Gasteiger partial charge in [0.2, 0.25) is 0 Å². The monoisotopic (exact) mass is 397 g/mol. The molecule has 142 valence electrons. The number of benzene rings is 1. The minimum absolute atomic E-state index is 0. The first-order valence-corrected chi connectivity index (χ1v) is 8.29. The fourth-order valence-electron chi connectivity index (χ4n) is 2.86. The van der Waals surface area contributed by atoms with Crippen LogP contribution in [0.25, 0.3) is 0 Å². The van der Waals surface area contributed by atoms with Crippen LogP contribution in [-0.2, 0) is 22.6 Å². The predicted octanol–water partition coefficient (Wildman–Crippen LogP) is 2.75. The third-order valence-electron chi connectivity index (χ3n) is 4.05. The maximum Gasteiger partial charge on any atom is 0.253 e. The molecule has 0 aliphatic carbocycles. The van der Waals surface area contributed by atoms with Crippen LogP contribution in [-0.4, -0.2) is 41.6 Å². The minimum Gasteiger partial charge on any atom is -0.366 e. The number of rotatable bonds is 5. The number of amides is 1. The Kier molecular flexibility index (Phi) is 9.59. The SMILES string of the molecule is Cc1cccc(CN(Cc2ccccn2)C(=O)C2CNCCO2)c1.Cl.Cl. The van der Waals surface area contributed by atoms with Gasteiger partial charge in [-0.15, -0.1) is 24.8 Å². The van der Waals surface area contributed by atoms with E-state index in [0.29, 0.717) is 26.2 Å².